The van der Waals surface area contributed by atoms with Gasteiger partial charge in [0.2, 0.25) is 0 Å². The number of benzene rings is 1. The molecule has 0 unspecified atom stereocenters. The van der Waals surface area contributed by atoms with Crippen LogP contribution in [0.4, 0.5) is 0 Å². The Balaban J connectivity index is 2.24. The average Bonchev–Trinajstić information content (AvgIpc) is 2.29. The maximum absolute atomic E-state index is 5.19. The molecule has 0 saturated carbocycles. The van der Waals surface area contributed by atoms with Crippen LogP contribution in [0.1, 0.15) is 32.6 Å². The molecule has 84 valence electrons. The van der Waals surface area contributed by atoms with E-state index in [4.69, 9.17) is 4.74 Å². The summed E-state index contributed by atoms with van der Waals surface area (Å²) in [4.78, 5) is 1.31. The number of rotatable bonds is 7. The Bertz CT molecular complexity index is 273. The molecule has 0 aromatic heterocycles. The second-order valence-electron chi connectivity index (χ2n) is 3.59. The van der Waals surface area contributed by atoms with Gasteiger partial charge in [-0.2, -0.15) is 0 Å². The summed E-state index contributed by atoms with van der Waals surface area (Å²) in [7, 11) is 1.71. The molecular formula is C13H20OS. The van der Waals surface area contributed by atoms with Crippen LogP contribution in [0.5, 0.6) is 5.75 Å². The van der Waals surface area contributed by atoms with E-state index in [1.165, 1.54) is 36.3 Å². The van der Waals surface area contributed by atoms with E-state index < -0.39 is 0 Å². The maximum atomic E-state index is 5.19. The number of hydrogen-bond acceptors (Lipinski definition) is 2. The summed E-state index contributed by atoms with van der Waals surface area (Å²) in [5.74, 6) is 2.17. The van der Waals surface area contributed by atoms with Gasteiger partial charge in [-0.1, -0.05) is 32.3 Å². The Hall–Kier alpha value is -0.630. The molecule has 2 heteroatoms. The Kier molecular flexibility index (Phi) is 6.33. The summed E-state index contributed by atoms with van der Waals surface area (Å²) in [6, 6.07) is 8.28. The minimum absolute atomic E-state index is 0.952. The number of thioether (sulfide) groups is 1. The third kappa shape index (κ3) is 5.12. The standard InChI is InChI=1S/C13H20OS/c1-3-4-5-6-10-15-13-9-7-8-12(11-13)14-2/h7-9,11H,3-6,10H2,1-2H3. The molecule has 15 heavy (non-hydrogen) atoms. The molecule has 0 amide bonds. The third-order valence-electron chi connectivity index (χ3n) is 2.31. The Labute approximate surface area is 97.2 Å². The smallest absolute Gasteiger partial charge is 0.119 e. The van der Waals surface area contributed by atoms with Gasteiger partial charge in [0.1, 0.15) is 5.75 Å². The van der Waals surface area contributed by atoms with Gasteiger partial charge in [0.05, 0.1) is 7.11 Å². The van der Waals surface area contributed by atoms with E-state index in [1.54, 1.807) is 7.11 Å². The van der Waals surface area contributed by atoms with Gasteiger partial charge >= 0.3 is 0 Å². The molecule has 0 aliphatic heterocycles. The van der Waals surface area contributed by atoms with Crippen molar-refractivity contribution in [2.75, 3.05) is 12.9 Å². The van der Waals surface area contributed by atoms with Gasteiger partial charge in [-0.15, -0.1) is 11.8 Å². The van der Waals surface area contributed by atoms with Gasteiger partial charge in [0.15, 0.2) is 0 Å². The number of methoxy groups -OCH3 is 1. The van der Waals surface area contributed by atoms with E-state index in [0.717, 1.165) is 5.75 Å². The van der Waals surface area contributed by atoms with E-state index in [9.17, 15) is 0 Å². The van der Waals surface area contributed by atoms with Crippen LogP contribution in [0.15, 0.2) is 29.2 Å². The Morgan fingerprint density at radius 2 is 2.07 bits per heavy atom. The van der Waals surface area contributed by atoms with Crippen molar-refractivity contribution in [1.29, 1.82) is 0 Å². The van der Waals surface area contributed by atoms with Gasteiger partial charge in [0, 0.05) is 4.90 Å². The Morgan fingerprint density at radius 3 is 2.80 bits per heavy atom. The summed E-state index contributed by atoms with van der Waals surface area (Å²) in [6.45, 7) is 2.25. The number of unbranched alkanes of at least 4 members (excludes halogenated alkanes) is 3. The molecule has 0 saturated heterocycles. The molecule has 0 bridgehead atoms. The monoisotopic (exact) mass is 224 g/mol. The first-order valence-electron chi connectivity index (χ1n) is 5.63. The van der Waals surface area contributed by atoms with Crippen LogP contribution in [0.25, 0.3) is 0 Å². The lowest BCUT2D eigenvalue weighted by atomic mass is 10.2. The minimum Gasteiger partial charge on any atom is -0.497 e. The topological polar surface area (TPSA) is 9.23 Å². The predicted molar refractivity (Wildman–Crippen MR) is 67.9 cm³/mol. The van der Waals surface area contributed by atoms with Gasteiger partial charge in [-0.05, 0) is 30.4 Å². The summed E-state index contributed by atoms with van der Waals surface area (Å²) >= 11 is 1.92. The zero-order valence-electron chi connectivity index (χ0n) is 9.66. The van der Waals surface area contributed by atoms with Crippen LogP contribution < -0.4 is 4.74 Å². The molecular weight excluding hydrogens is 204 g/mol. The van der Waals surface area contributed by atoms with Crippen LogP contribution in [0.3, 0.4) is 0 Å². The highest BCUT2D eigenvalue weighted by atomic mass is 32.2. The minimum atomic E-state index is 0.952. The summed E-state index contributed by atoms with van der Waals surface area (Å²) < 4.78 is 5.19. The highest BCUT2D eigenvalue weighted by molar-refractivity contribution is 7.99. The zero-order chi connectivity index (χ0) is 10.9. The first-order chi connectivity index (χ1) is 7.36. The van der Waals surface area contributed by atoms with Crippen molar-refractivity contribution >= 4 is 11.8 Å². The van der Waals surface area contributed by atoms with Crippen LogP contribution in [-0.2, 0) is 0 Å². The molecule has 0 atom stereocenters. The second kappa shape index (κ2) is 7.63. The molecule has 0 fully saturated rings. The first kappa shape index (κ1) is 12.4. The lowest BCUT2D eigenvalue weighted by molar-refractivity contribution is 0.413. The largest absolute Gasteiger partial charge is 0.497 e. The SMILES string of the molecule is CCCCCCSc1cccc(OC)c1. The molecule has 0 N–H and O–H groups in total. The van der Waals surface area contributed by atoms with Crippen molar-refractivity contribution in [2.24, 2.45) is 0 Å². The van der Waals surface area contributed by atoms with Crippen LogP contribution >= 0.6 is 11.8 Å². The molecule has 0 spiro atoms. The van der Waals surface area contributed by atoms with E-state index in [0.29, 0.717) is 0 Å². The Morgan fingerprint density at radius 1 is 1.20 bits per heavy atom. The van der Waals surface area contributed by atoms with Crippen molar-refractivity contribution in [3.63, 3.8) is 0 Å². The van der Waals surface area contributed by atoms with E-state index in [-0.39, 0.29) is 0 Å². The van der Waals surface area contributed by atoms with E-state index in [2.05, 4.69) is 19.1 Å². The van der Waals surface area contributed by atoms with Crippen LogP contribution in [-0.4, -0.2) is 12.9 Å². The molecule has 0 aliphatic rings. The first-order valence-corrected chi connectivity index (χ1v) is 6.62. The van der Waals surface area contributed by atoms with Gasteiger partial charge < -0.3 is 4.74 Å². The summed E-state index contributed by atoms with van der Waals surface area (Å²) in [5.41, 5.74) is 0. The molecule has 0 heterocycles. The molecule has 0 aliphatic carbocycles. The lowest BCUT2D eigenvalue weighted by Gasteiger charge is -2.04. The molecule has 1 rings (SSSR count). The van der Waals surface area contributed by atoms with Crippen LogP contribution in [0.2, 0.25) is 0 Å². The molecule has 1 aromatic rings. The third-order valence-corrected chi connectivity index (χ3v) is 3.39. The maximum Gasteiger partial charge on any atom is 0.119 e. The number of hydrogen-bond donors (Lipinski definition) is 0. The van der Waals surface area contributed by atoms with Gasteiger partial charge in [-0.3, -0.25) is 0 Å². The predicted octanol–water partition coefficient (Wildman–Crippen LogP) is 4.37. The normalized spacial score (nSPS) is 10.3. The summed E-state index contributed by atoms with van der Waals surface area (Å²) in [6.07, 6.45) is 5.34. The van der Waals surface area contributed by atoms with Crippen LogP contribution in [0, 0.1) is 0 Å². The van der Waals surface area contributed by atoms with Gasteiger partial charge in [0.25, 0.3) is 0 Å². The van der Waals surface area contributed by atoms with Crippen molar-refractivity contribution in [1.82, 2.24) is 0 Å². The van der Waals surface area contributed by atoms with Crippen molar-refractivity contribution in [3.05, 3.63) is 24.3 Å². The van der Waals surface area contributed by atoms with Crippen molar-refractivity contribution in [2.45, 2.75) is 37.5 Å². The van der Waals surface area contributed by atoms with E-state index >= 15 is 0 Å². The molecule has 1 nitrogen and oxygen atoms in total. The molecule has 1 aromatic carbocycles. The average molecular weight is 224 g/mol. The van der Waals surface area contributed by atoms with E-state index in [1.807, 2.05) is 23.9 Å². The summed E-state index contributed by atoms with van der Waals surface area (Å²) in [5, 5.41) is 0. The fraction of sp³-hybridized carbons (Fsp3) is 0.538. The van der Waals surface area contributed by atoms with Crippen molar-refractivity contribution < 1.29 is 4.74 Å². The van der Waals surface area contributed by atoms with Crippen molar-refractivity contribution in [3.8, 4) is 5.75 Å². The fourth-order valence-corrected chi connectivity index (χ4v) is 2.37. The number of ether oxygens (including phenoxy) is 1. The molecule has 0 radical (unpaired) electrons. The highest BCUT2D eigenvalue weighted by Crippen LogP contribution is 2.23. The zero-order valence-corrected chi connectivity index (χ0v) is 10.5. The fourth-order valence-electron chi connectivity index (χ4n) is 1.41. The highest BCUT2D eigenvalue weighted by Gasteiger charge is 1.96. The lowest BCUT2D eigenvalue weighted by Crippen LogP contribution is -1.84. The second-order valence-corrected chi connectivity index (χ2v) is 4.76. The quantitative estimate of drug-likeness (QED) is 0.502. The van der Waals surface area contributed by atoms with Gasteiger partial charge in [-0.25, -0.2) is 0 Å².